The number of aryl methyl sites for hydroxylation is 1. The van der Waals surface area contributed by atoms with Crippen LogP contribution in [0.1, 0.15) is 19.4 Å². The zero-order valence-electron chi connectivity index (χ0n) is 16.4. The molecule has 0 N–H and O–H groups in total. The van der Waals surface area contributed by atoms with Gasteiger partial charge >= 0.3 is 0 Å². The molecule has 3 rings (SSSR count). The number of hydrogen-bond acceptors (Lipinski definition) is 6. The van der Waals surface area contributed by atoms with Crippen LogP contribution in [-0.2, 0) is 16.0 Å². The van der Waals surface area contributed by atoms with Gasteiger partial charge in [-0.2, -0.15) is 0 Å². The Hall–Kier alpha value is -2.06. The summed E-state index contributed by atoms with van der Waals surface area (Å²) in [5, 5.41) is 9.43. The van der Waals surface area contributed by atoms with Crippen LogP contribution in [0.15, 0.2) is 29.4 Å². The van der Waals surface area contributed by atoms with Crippen LogP contribution >= 0.6 is 11.8 Å². The number of hydrogen-bond donors (Lipinski definition) is 0. The summed E-state index contributed by atoms with van der Waals surface area (Å²) in [6.07, 6.45) is 0.910. The van der Waals surface area contributed by atoms with E-state index in [0.717, 1.165) is 36.3 Å². The van der Waals surface area contributed by atoms with Crippen molar-refractivity contribution in [2.75, 3.05) is 45.3 Å². The molecule has 1 aliphatic heterocycles. The first-order valence-electron chi connectivity index (χ1n) is 9.27. The molecule has 1 aliphatic rings. The average molecular weight is 390 g/mol. The van der Waals surface area contributed by atoms with Gasteiger partial charge in [0.15, 0.2) is 5.16 Å². The summed E-state index contributed by atoms with van der Waals surface area (Å²) in [6.45, 7) is 6.97. The summed E-state index contributed by atoms with van der Waals surface area (Å²) in [4.78, 5) is 16.2. The van der Waals surface area contributed by atoms with Crippen LogP contribution in [0.3, 0.4) is 0 Å². The number of amides is 1. The Morgan fingerprint density at radius 2 is 1.96 bits per heavy atom. The van der Waals surface area contributed by atoms with Gasteiger partial charge in [-0.05, 0) is 25.0 Å². The maximum absolute atomic E-state index is 12.3. The van der Waals surface area contributed by atoms with Gasteiger partial charge < -0.3 is 14.5 Å². The second kappa shape index (κ2) is 8.75. The first kappa shape index (κ1) is 19.7. The van der Waals surface area contributed by atoms with Crippen LogP contribution < -0.4 is 4.90 Å². The lowest BCUT2D eigenvalue weighted by Gasteiger charge is -2.28. The predicted molar refractivity (Wildman–Crippen MR) is 108 cm³/mol. The van der Waals surface area contributed by atoms with Gasteiger partial charge in [-0.15, -0.1) is 10.2 Å². The van der Waals surface area contributed by atoms with Gasteiger partial charge in [-0.25, -0.2) is 0 Å². The van der Waals surface area contributed by atoms with Gasteiger partial charge in [0, 0.05) is 27.2 Å². The zero-order chi connectivity index (χ0) is 19.4. The number of thioether (sulfide) groups is 1. The third-order valence-electron chi connectivity index (χ3n) is 4.59. The van der Waals surface area contributed by atoms with Gasteiger partial charge in [-0.1, -0.05) is 36.9 Å². The Morgan fingerprint density at radius 3 is 2.63 bits per heavy atom. The topological polar surface area (TPSA) is 63.5 Å². The number of aromatic nitrogens is 3. The van der Waals surface area contributed by atoms with Crippen LogP contribution in [0.4, 0.5) is 5.95 Å². The molecule has 1 fully saturated rings. The Morgan fingerprint density at radius 1 is 1.26 bits per heavy atom. The number of morpholine rings is 1. The van der Waals surface area contributed by atoms with Crippen LogP contribution in [0.25, 0.3) is 5.69 Å². The number of para-hydroxylation sites is 1. The van der Waals surface area contributed by atoms with E-state index in [1.165, 1.54) is 17.3 Å². The highest BCUT2D eigenvalue weighted by Gasteiger charge is 2.26. The predicted octanol–water partition coefficient (Wildman–Crippen LogP) is 2.24. The molecule has 0 bridgehead atoms. The number of carbonyl (C=O) groups excluding carboxylic acids is 1. The average Bonchev–Trinajstić information content (AvgIpc) is 3.11. The van der Waals surface area contributed by atoms with Gasteiger partial charge in [0.2, 0.25) is 11.9 Å². The first-order chi connectivity index (χ1) is 13.0. The molecule has 2 aromatic rings. The van der Waals surface area contributed by atoms with E-state index in [4.69, 9.17) is 4.74 Å². The molecule has 1 aromatic carbocycles. The highest BCUT2D eigenvalue weighted by Crippen LogP contribution is 2.31. The molecule has 8 heteroatoms. The Kier molecular flexibility index (Phi) is 6.38. The molecule has 1 saturated heterocycles. The highest BCUT2D eigenvalue weighted by atomic mass is 32.2. The first-order valence-corrected chi connectivity index (χ1v) is 10.1. The summed E-state index contributed by atoms with van der Waals surface area (Å²) >= 11 is 1.45. The highest BCUT2D eigenvalue weighted by molar-refractivity contribution is 8.00. The SMILES string of the molecule is CCc1ccccc1-n1c(S[C@H](C)C(=O)N(C)C)nnc1N1CCOCC1. The smallest absolute Gasteiger partial charge is 0.235 e. The maximum Gasteiger partial charge on any atom is 0.235 e. The van der Waals surface area contributed by atoms with E-state index in [2.05, 4.69) is 38.7 Å². The number of carbonyl (C=O) groups is 1. The number of anilines is 1. The largest absolute Gasteiger partial charge is 0.378 e. The van der Waals surface area contributed by atoms with Gasteiger partial charge in [-0.3, -0.25) is 9.36 Å². The minimum Gasteiger partial charge on any atom is -0.378 e. The van der Waals surface area contributed by atoms with Crippen LogP contribution in [0.2, 0.25) is 0 Å². The van der Waals surface area contributed by atoms with Crippen molar-refractivity contribution in [3.8, 4) is 5.69 Å². The van der Waals surface area contributed by atoms with E-state index < -0.39 is 0 Å². The molecule has 0 spiro atoms. The summed E-state index contributed by atoms with van der Waals surface area (Å²) in [6, 6.07) is 8.29. The number of rotatable bonds is 6. The van der Waals surface area contributed by atoms with Crippen molar-refractivity contribution in [2.45, 2.75) is 30.7 Å². The van der Waals surface area contributed by atoms with Gasteiger partial charge in [0.05, 0.1) is 24.2 Å². The minimum atomic E-state index is -0.241. The van der Waals surface area contributed by atoms with Crippen molar-refractivity contribution >= 4 is 23.6 Å². The third kappa shape index (κ3) is 4.27. The molecule has 146 valence electrons. The van der Waals surface area contributed by atoms with E-state index >= 15 is 0 Å². The summed E-state index contributed by atoms with van der Waals surface area (Å²) in [5.74, 6) is 0.873. The summed E-state index contributed by atoms with van der Waals surface area (Å²) in [7, 11) is 3.55. The van der Waals surface area contributed by atoms with E-state index in [1.807, 2.05) is 19.1 Å². The lowest BCUT2D eigenvalue weighted by molar-refractivity contribution is -0.127. The molecule has 1 atom stereocenters. The fourth-order valence-corrected chi connectivity index (χ4v) is 4.12. The molecule has 1 amide bonds. The van der Waals surface area contributed by atoms with Crippen LogP contribution in [-0.4, -0.2) is 71.2 Å². The molecular formula is C19H27N5O2S. The number of benzene rings is 1. The van der Waals surface area contributed by atoms with Crippen molar-refractivity contribution < 1.29 is 9.53 Å². The van der Waals surface area contributed by atoms with Gasteiger partial charge in [0.25, 0.3) is 0 Å². The Balaban J connectivity index is 2.03. The molecule has 2 heterocycles. The molecule has 0 aliphatic carbocycles. The molecule has 1 aromatic heterocycles. The van der Waals surface area contributed by atoms with Crippen molar-refractivity contribution in [3.63, 3.8) is 0 Å². The van der Waals surface area contributed by atoms with E-state index in [0.29, 0.717) is 13.2 Å². The Labute approximate surface area is 164 Å². The number of nitrogens with zero attached hydrogens (tertiary/aromatic N) is 5. The second-order valence-corrected chi connectivity index (χ2v) is 8.00. The fourth-order valence-electron chi connectivity index (χ4n) is 3.12. The van der Waals surface area contributed by atoms with E-state index in [1.54, 1.807) is 19.0 Å². The Bertz CT molecular complexity index is 786. The molecular weight excluding hydrogens is 362 g/mol. The van der Waals surface area contributed by atoms with E-state index in [-0.39, 0.29) is 11.2 Å². The van der Waals surface area contributed by atoms with Crippen molar-refractivity contribution in [1.82, 2.24) is 19.7 Å². The van der Waals surface area contributed by atoms with Crippen molar-refractivity contribution in [1.29, 1.82) is 0 Å². The van der Waals surface area contributed by atoms with Crippen LogP contribution in [0.5, 0.6) is 0 Å². The zero-order valence-corrected chi connectivity index (χ0v) is 17.2. The van der Waals surface area contributed by atoms with Crippen LogP contribution in [0, 0.1) is 0 Å². The fraction of sp³-hybridized carbons (Fsp3) is 0.526. The quantitative estimate of drug-likeness (QED) is 0.706. The third-order valence-corrected chi connectivity index (χ3v) is 5.62. The van der Waals surface area contributed by atoms with Gasteiger partial charge in [0.1, 0.15) is 0 Å². The molecule has 0 radical (unpaired) electrons. The maximum atomic E-state index is 12.3. The van der Waals surface area contributed by atoms with Crippen molar-refractivity contribution in [2.24, 2.45) is 0 Å². The second-order valence-electron chi connectivity index (χ2n) is 6.69. The monoisotopic (exact) mass is 389 g/mol. The summed E-state index contributed by atoms with van der Waals surface area (Å²) in [5.41, 5.74) is 2.29. The molecule has 7 nitrogen and oxygen atoms in total. The lowest BCUT2D eigenvalue weighted by Crippen LogP contribution is -2.38. The van der Waals surface area contributed by atoms with E-state index in [9.17, 15) is 4.79 Å². The molecule has 0 unspecified atom stereocenters. The summed E-state index contributed by atoms with van der Waals surface area (Å²) < 4.78 is 7.58. The van der Waals surface area contributed by atoms with Crippen molar-refractivity contribution in [3.05, 3.63) is 29.8 Å². The lowest BCUT2D eigenvalue weighted by atomic mass is 10.1. The standard InChI is InChI=1S/C19H27N5O2S/c1-5-15-8-6-7-9-16(15)24-18(23-10-12-26-13-11-23)20-21-19(24)27-14(2)17(25)22(3)4/h6-9,14H,5,10-13H2,1-4H3/t14-/m1/s1. The minimum absolute atomic E-state index is 0.0613. The normalized spacial score (nSPS) is 15.6. The molecule has 0 saturated carbocycles. The number of ether oxygens (including phenoxy) is 1. The molecule has 27 heavy (non-hydrogen) atoms.